The molecule has 0 bridgehead atoms. The summed E-state index contributed by atoms with van der Waals surface area (Å²) in [7, 11) is 0. The van der Waals surface area contributed by atoms with Gasteiger partial charge < -0.3 is 15.0 Å². The van der Waals surface area contributed by atoms with Gasteiger partial charge in [-0.15, -0.1) is 0 Å². The molecule has 0 aliphatic heterocycles. The summed E-state index contributed by atoms with van der Waals surface area (Å²) in [5, 5.41) is 3.69. The van der Waals surface area contributed by atoms with Gasteiger partial charge in [0.05, 0.1) is 0 Å². The SMILES string of the molecule is Cc1ccc(OCc2nc(C)no2)c(CN)c1. The molecule has 2 aromatic rings. The Morgan fingerprint density at radius 2 is 2.18 bits per heavy atom. The minimum absolute atomic E-state index is 0.261. The van der Waals surface area contributed by atoms with Crippen molar-refractivity contribution < 1.29 is 9.26 Å². The molecule has 0 saturated heterocycles. The van der Waals surface area contributed by atoms with Gasteiger partial charge in [0.15, 0.2) is 12.4 Å². The van der Waals surface area contributed by atoms with Crippen LogP contribution in [0.1, 0.15) is 22.8 Å². The van der Waals surface area contributed by atoms with Crippen LogP contribution in [0.5, 0.6) is 5.75 Å². The molecule has 5 heteroatoms. The molecule has 0 amide bonds. The minimum Gasteiger partial charge on any atom is -0.483 e. The van der Waals surface area contributed by atoms with Gasteiger partial charge in [0.2, 0.25) is 0 Å². The molecule has 1 aromatic carbocycles. The van der Waals surface area contributed by atoms with Crippen LogP contribution >= 0.6 is 0 Å². The Kier molecular flexibility index (Phi) is 3.39. The van der Waals surface area contributed by atoms with Crippen LogP contribution in [0.25, 0.3) is 0 Å². The fraction of sp³-hybridized carbons (Fsp3) is 0.333. The average molecular weight is 233 g/mol. The lowest BCUT2D eigenvalue weighted by molar-refractivity contribution is 0.241. The van der Waals surface area contributed by atoms with Crippen LogP contribution in [0.4, 0.5) is 0 Å². The highest BCUT2D eigenvalue weighted by molar-refractivity contribution is 5.36. The second-order valence-electron chi connectivity index (χ2n) is 3.84. The zero-order valence-electron chi connectivity index (χ0n) is 9.93. The van der Waals surface area contributed by atoms with Crippen molar-refractivity contribution in [3.05, 3.63) is 41.0 Å². The van der Waals surface area contributed by atoms with Gasteiger partial charge in [-0.05, 0) is 19.9 Å². The van der Waals surface area contributed by atoms with Crippen molar-refractivity contribution in [3.63, 3.8) is 0 Å². The Hall–Kier alpha value is -1.88. The highest BCUT2D eigenvalue weighted by Gasteiger charge is 2.06. The highest BCUT2D eigenvalue weighted by Crippen LogP contribution is 2.20. The number of rotatable bonds is 4. The topological polar surface area (TPSA) is 74.2 Å². The van der Waals surface area contributed by atoms with E-state index in [1.165, 1.54) is 0 Å². The first-order valence-electron chi connectivity index (χ1n) is 5.40. The number of benzene rings is 1. The maximum atomic E-state index is 5.66. The van der Waals surface area contributed by atoms with E-state index in [1.807, 2.05) is 25.1 Å². The summed E-state index contributed by atoms with van der Waals surface area (Å²) in [6.45, 7) is 4.49. The Morgan fingerprint density at radius 1 is 1.35 bits per heavy atom. The second kappa shape index (κ2) is 4.97. The fourth-order valence-electron chi connectivity index (χ4n) is 1.55. The van der Waals surface area contributed by atoms with E-state index in [4.69, 9.17) is 15.0 Å². The third-order valence-electron chi connectivity index (χ3n) is 2.36. The summed E-state index contributed by atoms with van der Waals surface area (Å²) in [6.07, 6.45) is 0. The van der Waals surface area contributed by atoms with E-state index < -0.39 is 0 Å². The number of aromatic nitrogens is 2. The van der Waals surface area contributed by atoms with E-state index in [0.717, 1.165) is 16.9 Å². The largest absolute Gasteiger partial charge is 0.483 e. The number of hydrogen-bond acceptors (Lipinski definition) is 5. The third kappa shape index (κ3) is 2.82. The molecule has 2 N–H and O–H groups in total. The molecule has 1 aromatic heterocycles. The van der Waals surface area contributed by atoms with Crippen molar-refractivity contribution in [1.82, 2.24) is 10.1 Å². The molecular formula is C12H15N3O2. The van der Waals surface area contributed by atoms with Crippen LogP contribution in [0.15, 0.2) is 22.7 Å². The van der Waals surface area contributed by atoms with E-state index in [1.54, 1.807) is 6.92 Å². The Morgan fingerprint density at radius 3 is 2.82 bits per heavy atom. The maximum Gasteiger partial charge on any atom is 0.264 e. The second-order valence-corrected chi connectivity index (χ2v) is 3.84. The zero-order chi connectivity index (χ0) is 12.3. The lowest BCUT2D eigenvalue weighted by atomic mass is 10.1. The number of aryl methyl sites for hydroxylation is 2. The predicted molar refractivity (Wildman–Crippen MR) is 62.4 cm³/mol. The molecule has 90 valence electrons. The smallest absolute Gasteiger partial charge is 0.264 e. The Bertz CT molecular complexity index is 508. The predicted octanol–water partition coefficient (Wildman–Crippen LogP) is 1.72. The van der Waals surface area contributed by atoms with Crippen molar-refractivity contribution in [3.8, 4) is 5.75 Å². The highest BCUT2D eigenvalue weighted by atomic mass is 16.5. The molecule has 0 atom stereocenters. The van der Waals surface area contributed by atoms with Gasteiger partial charge in [0, 0.05) is 12.1 Å². The van der Waals surface area contributed by atoms with Crippen LogP contribution in [0.3, 0.4) is 0 Å². The van der Waals surface area contributed by atoms with Gasteiger partial charge in [0.25, 0.3) is 5.89 Å². The molecule has 1 heterocycles. The lowest BCUT2D eigenvalue weighted by Gasteiger charge is -2.09. The van der Waals surface area contributed by atoms with Crippen LogP contribution < -0.4 is 10.5 Å². The van der Waals surface area contributed by atoms with Crippen molar-refractivity contribution in [1.29, 1.82) is 0 Å². The molecule has 5 nitrogen and oxygen atoms in total. The first-order valence-corrected chi connectivity index (χ1v) is 5.40. The molecule has 17 heavy (non-hydrogen) atoms. The summed E-state index contributed by atoms with van der Waals surface area (Å²) < 4.78 is 10.6. The van der Waals surface area contributed by atoms with Crippen LogP contribution in [0.2, 0.25) is 0 Å². The summed E-state index contributed by atoms with van der Waals surface area (Å²) >= 11 is 0. The van der Waals surface area contributed by atoms with Gasteiger partial charge in [-0.3, -0.25) is 0 Å². The lowest BCUT2D eigenvalue weighted by Crippen LogP contribution is -2.03. The normalized spacial score (nSPS) is 10.5. The molecule has 0 radical (unpaired) electrons. The molecule has 0 aliphatic rings. The van der Waals surface area contributed by atoms with Gasteiger partial charge in [-0.2, -0.15) is 4.98 Å². The number of nitrogens with two attached hydrogens (primary N) is 1. The first-order chi connectivity index (χ1) is 8.19. The van der Waals surface area contributed by atoms with E-state index in [-0.39, 0.29) is 6.61 Å². The third-order valence-corrected chi connectivity index (χ3v) is 2.36. The quantitative estimate of drug-likeness (QED) is 0.870. The van der Waals surface area contributed by atoms with Gasteiger partial charge in [-0.25, -0.2) is 0 Å². The van der Waals surface area contributed by atoms with Crippen LogP contribution in [-0.2, 0) is 13.2 Å². The molecule has 0 aliphatic carbocycles. The van der Waals surface area contributed by atoms with E-state index in [0.29, 0.717) is 18.3 Å². The van der Waals surface area contributed by atoms with E-state index in [9.17, 15) is 0 Å². The van der Waals surface area contributed by atoms with E-state index in [2.05, 4.69) is 10.1 Å². The Labute approximate surface area is 99.6 Å². The minimum atomic E-state index is 0.261. The number of ether oxygens (including phenoxy) is 1. The summed E-state index contributed by atoms with van der Waals surface area (Å²) in [6, 6.07) is 5.89. The number of nitrogens with zero attached hydrogens (tertiary/aromatic N) is 2. The summed E-state index contributed by atoms with van der Waals surface area (Å²) in [5.74, 6) is 1.83. The molecule has 0 unspecified atom stereocenters. The van der Waals surface area contributed by atoms with Crippen LogP contribution in [-0.4, -0.2) is 10.1 Å². The Balaban J connectivity index is 2.08. The maximum absolute atomic E-state index is 5.66. The van der Waals surface area contributed by atoms with Crippen molar-refractivity contribution in [2.45, 2.75) is 27.0 Å². The fourth-order valence-corrected chi connectivity index (χ4v) is 1.55. The van der Waals surface area contributed by atoms with Crippen molar-refractivity contribution in [2.24, 2.45) is 5.73 Å². The van der Waals surface area contributed by atoms with Crippen molar-refractivity contribution >= 4 is 0 Å². The number of hydrogen-bond donors (Lipinski definition) is 1. The van der Waals surface area contributed by atoms with Gasteiger partial charge in [0.1, 0.15) is 5.75 Å². The molecule has 0 spiro atoms. The monoisotopic (exact) mass is 233 g/mol. The first kappa shape index (κ1) is 11.6. The molecular weight excluding hydrogens is 218 g/mol. The molecule has 0 saturated carbocycles. The zero-order valence-corrected chi connectivity index (χ0v) is 9.93. The van der Waals surface area contributed by atoms with Crippen LogP contribution in [0, 0.1) is 13.8 Å². The van der Waals surface area contributed by atoms with Gasteiger partial charge in [-0.1, -0.05) is 22.9 Å². The molecule has 2 rings (SSSR count). The summed E-state index contributed by atoms with van der Waals surface area (Å²) in [4.78, 5) is 4.06. The molecule has 0 fully saturated rings. The standard InChI is InChI=1S/C12H15N3O2/c1-8-3-4-11(10(5-8)6-13)16-7-12-14-9(2)15-17-12/h3-5H,6-7,13H2,1-2H3. The van der Waals surface area contributed by atoms with Gasteiger partial charge >= 0.3 is 0 Å². The average Bonchev–Trinajstić information content (AvgIpc) is 2.73. The summed E-state index contributed by atoms with van der Waals surface area (Å²) in [5.41, 5.74) is 7.79. The van der Waals surface area contributed by atoms with Crippen molar-refractivity contribution in [2.75, 3.05) is 0 Å². The van der Waals surface area contributed by atoms with E-state index >= 15 is 0 Å².